The Labute approximate surface area is 195 Å². The van der Waals surface area contributed by atoms with E-state index in [1.54, 1.807) is 12.1 Å². The van der Waals surface area contributed by atoms with Gasteiger partial charge in [-0.25, -0.2) is 18.2 Å². The van der Waals surface area contributed by atoms with E-state index < -0.39 is 21.6 Å². The number of imide groups is 1. The molecule has 3 aliphatic rings. The minimum Gasteiger partial charge on any atom is -0.323 e. The van der Waals surface area contributed by atoms with Crippen molar-refractivity contribution in [2.75, 3.05) is 25.0 Å². The SMILES string of the molecule is O=C(CCN1C(=O)NC2(CCCC2)C1=O)Nc1nc2ccc(S(=O)(=O)N3CCCC3)cc2s1. The Morgan fingerprint density at radius 2 is 1.88 bits per heavy atom. The second-order valence-electron chi connectivity index (χ2n) is 8.73. The Bertz CT molecular complexity index is 1230. The molecule has 1 spiro atoms. The first-order chi connectivity index (χ1) is 15.8. The number of rotatable bonds is 6. The number of carbonyl (C=O) groups excluding carboxylic acids is 3. The molecule has 0 unspecified atom stereocenters. The van der Waals surface area contributed by atoms with Crippen LogP contribution in [0.15, 0.2) is 23.1 Å². The van der Waals surface area contributed by atoms with E-state index in [9.17, 15) is 22.8 Å². The van der Waals surface area contributed by atoms with Crippen molar-refractivity contribution in [2.45, 2.75) is 55.4 Å². The van der Waals surface area contributed by atoms with Gasteiger partial charge in [-0.05, 0) is 43.9 Å². The lowest BCUT2D eigenvalue weighted by atomic mass is 9.98. The Kier molecular flexibility index (Phi) is 5.61. The molecule has 4 amide bonds. The van der Waals surface area contributed by atoms with Crippen LogP contribution in [0.2, 0.25) is 0 Å². The molecule has 176 valence electrons. The van der Waals surface area contributed by atoms with Gasteiger partial charge in [-0.3, -0.25) is 14.5 Å². The summed E-state index contributed by atoms with van der Waals surface area (Å²) in [6.07, 6.45) is 4.77. The lowest BCUT2D eigenvalue weighted by Gasteiger charge is -2.19. The molecule has 0 radical (unpaired) electrons. The molecular weight excluding hydrogens is 466 g/mol. The van der Waals surface area contributed by atoms with Gasteiger partial charge in [0.15, 0.2) is 5.13 Å². The first-order valence-electron chi connectivity index (χ1n) is 11.1. The Morgan fingerprint density at radius 3 is 2.61 bits per heavy atom. The van der Waals surface area contributed by atoms with E-state index in [4.69, 9.17) is 0 Å². The summed E-state index contributed by atoms with van der Waals surface area (Å²) in [5, 5.41) is 5.84. The number of sulfonamides is 1. The zero-order valence-corrected chi connectivity index (χ0v) is 19.6. The highest BCUT2D eigenvalue weighted by molar-refractivity contribution is 7.89. The zero-order chi connectivity index (χ0) is 23.2. The van der Waals surface area contributed by atoms with Crippen molar-refractivity contribution >= 4 is 54.6 Å². The third-order valence-corrected chi connectivity index (χ3v) is 9.40. The molecule has 10 nitrogen and oxygen atoms in total. The van der Waals surface area contributed by atoms with Crippen molar-refractivity contribution in [2.24, 2.45) is 0 Å². The van der Waals surface area contributed by atoms with E-state index in [0.29, 0.717) is 41.3 Å². The van der Waals surface area contributed by atoms with Gasteiger partial charge in [-0.15, -0.1) is 0 Å². The van der Waals surface area contributed by atoms with E-state index in [1.165, 1.54) is 21.7 Å². The topological polar surface area (TPSA) is 129 Å². The van der Waals surface area contributed by atoms with Crippen molar-refractivity contribution in [1.82, 2.24) is 19.5 Å². The molecule has 3 heterocycles. The molecular formula is C21H25N5O5S2. The highest BCUT2D eigenvalue weighted by atomic mass is 32.2. The predicted octanol–water partition coefficient (Wildman–Crippen LogP) is 2.27. The normalized spacial score (nSPS) is 20.8. The van der Waals surface area contributed by atoms with Gasteiger partial charge in [0.05, 0.1) is 15.1 Å². The van der Waals surface area contributed by atoms with Gasteiger partial charge in [0.2, 0.25) is 15.9 Å². The van der Waals surface area contributed by atoms with Gasteiger partial charge < -0.3 is 10.6 Å². The molecule has 2 N–H and O–H groups in total. The smallest absolute Gasteiger partial charge is 0.323 e. The summed E-state index contributed by atoms with van der Waals surface area (Å²) in [4.78, 5) is 43.1. The summed E-state index contributed by atoms with van der Waals surface area (Å²) in [6, 6.07) is 4.32. The maximum Gasteiger partial charge on any atom is 0.325 e. The van der Waals surface area contributed by atoms with Crippen LogP contribution in [0, 0.1) is 0 Å². The first-order valence-corrected chi connectivity index (χ1v) is 13.4. The second-order valence-corrected chi connectivity index (χ2v) is 11.7. The minimum atomic E-state index is -3.53. The number of carbonyl (C=O) groups is 3. The van der Waals surface area contributed by atoms with Gasteiger partial charge in [-0.1, -0.05) is 24.2 Å². The number of amides is 4. The van der Waals surface area contributed by atoms with Crippen molar-refractivity contribution in [3.8, 4) is 0 Å². The first kappa shape index (κ1) is 22.2. The third kappa shape index (κ3) is 4.00. The van der Waals surface area contributed by atoms with Crippen molar-refractivity contribution in [1.29, 1.82) is 0 Å². The van der Waals surface area contributed by atoms with Crippen LogP contribution in [-0.4, -0.2) is 65.6 Å². The summed E-state index contributed by atoms with van der Waals surface area (Å²) in [7, 11) is -3.53. The van der Waals surface area contributed by atoms with Crippen LogP contribution in [0.1, 0.15) is 44.9 Å². The number of nitrogens with one attached hydrogen (secondary N) is 2. The van der Waals surface area contributed by atoms with Crippen LogP contribution >= 0.6 is 11.3 Å². The summed E-state index contributed by atoms with van der Waals surface area (Å²) < 4.78 is 27.7. The molecule has 12 heteroatoms. The number of aromatic nitrogens is 1. The summed E-state index contributed by atoms with van der Waals surface area (Å²) in [5.74, 6) is -0.614. The fourth-order valence-corrected chi connectivity index (χ4v) is 7.33. The van der Waals surface area contributed by atoms with Crippen LogP contribution < -0.4 is 10.6 Å². The van der Waals surface area contributed by atoms with Crippen LogP contribution in [0.3, 0.4) is 0 Å². The average Bonchev–Trinajstić information content (AvgIpc) is 3.56. The molecule has 1 aliphatic carbocycles. The maximum atomic E-state index is 12.8. The van der Waals surface area contributed by atoms with Gasteiger partial charge in [-0.2, -0.15) is 4.31 Å². The number of urea groups is 1. The number of fused-ring (bicyclic) bond motifs is 1. The van der Waals surface area contributed by atoms with Crippen molar-refractivity contribution in [3.05, 3.63) is 18.2 Å². The fraction of sp³-hybridized carbons (Fsp3) is 0.524. The highest BCUT2D eigenvalue weighted by Crippen LogP contribution is 2.35. The largest absolute Gasteiger partial charge is 0.325 e. The summed E-state index contributed by atoms with van der Waals surface area (Å²) in [5.41, 5.74) is -0.193. The number of hydrogen-bond donors (Lipinski definition) is 2. The Hall–Kier alpha value is -2.57. The van der Waals surface area contributed by atoms with Gasteiger partial charge in [0.25, 0.3) is 5.91 Å². The molecule has 33 heavy (non-hydrogen) atoms. The molecule has 2 aromatic rings. The van der Waals surface area contributed by atoms with Gasteiger partial charge in [0.1, 0.15) is 5.54 Å². The van der Waals surface area contributed by atoms with Crippen LogP contribution in [0.5, 0.6) is 0 Å². The van der Waals surface area contributed by atoms with Crippen LogP contribution in [0.4, 0.5) is 9.93 Å². The number of nitrogens with zero attached hydrogens (tertiary/aromatic N) is 3. The van der Waals surface area contributed by atoms with E-state index in [2.05, 4.69) is 15.6 Å². The van der Waals surface area contributed by atoms with Crippen molar-refractivity contribution < 1.29 is 22.8 Å². The van der Waals surface area contributed by atoms with E-state index in [1.807, 2.05) is 0 Å². The molecule has 5 rings (SSSR count). The lowest BCUT2D eigenvalue weighted by molar-refractivity contribution is -0.131. The maximum absolute atomic E-state index is 12.8. The van der Waals surface area contributed by atoms with Crippen LogP contribution in [0.25, 0.3) is 10.2 Å². The molecule has 1 aromatic heterocycles. The second kappa shape index (κ2) is 8.33. The Morgan fingerprint density at radius 1 is 1.15 bits per heavy atom. The average molecular weight is 492 g/mol. The standard InChI is InChI=1S/C21H25N5O5S2/c27-17(7-12-26-18(28)21(24-20(26)29)8-1-2-9-21)23-19-22-15-6-5-14(13-16(15)32-19)33(30,31)25-10-3-4-11-25/h5-6,13H,1-4,7-12H2,(H,24,29)(H,22,23,27). The van der Waals surface area contributed by atoms with E-state index in [0.717, 1.165) is 30.6 Å². The Balaban J connectivity index is 1.23. The lowest BCUT2D eigenvalue weighted by Crippen LogP contribution is -2.44. The predicted molar refractivity (Wildman–Crippen MR) is 122 cm³/mol. The van der Waals surface area contributed by atoms with Gasteiger partial charge >= 0.3 is 6.03 Å². The number of hydrogen-bond acceptors (Lipinski definition) is 7. The molecule has 3 fully saturated rings. The third-order valence-electron chi connectivity index (χ3n) is 6.57. The van der Waals surface area contributed by atoms with E-state index in [-0.39, 0.29) is 29.7 Å². The number of anilines is 1. The zero-order valence-electron chi connectivity index (χ0n) is 18.0. The number of benzene rings is 1. The molecule has 2 aliphatic heterocycles. The quantitative estimate of drug-likeness (QED) is 0.597. The van der Waals surface area contributed by atoms with Crippen molar-refractivity contribution in [3.63, 3.8) is 0 Å². The molecule has 0 bridgehead atoms. The van der Waals surface area contributed by atoms with Crippen LogP contribution in [-0.2, 0) is 19.6 Å². The highest BCUT2D eigenvalue weighted by Gasteiger charge is 2.52. The molecule has 0 atom stereocenters. The van der Waals surface area contributed by atoms with Gasteiger partial charge in [0, 0.05) is 26.1 Å². The minimum absolute atomic E-state index is 0.00136. The molecule has 1 aromatic carbocycles. The fourth-order valence-electron chi connectivity index (χ4n) is 4.79. The summed E-state index contributed by atoms with van der Waals surface area (Å²) in [6.45, 7) is 1.06. The molecule has 1 saturated carbocycles. The summed E-state index contributed by atoms with van der Waals surface area (Å²) >= 11 is 1.19. The monoisotopic (exact) mass is 491 g/mol. The molecule has 2 saturated heterocycles. The van der Waals surface area contributed by atoms with E-state index >= 15 is 0 Å². The number of thiazole rings is 1.